The predicted molar refractivity (Wildman–Crippen MR) is 49.4 cm³/mol. The van der Waals surface area contributed by atoms with Gasteiger partial charge in [-0.3, -0.25) is 4.79 Å². The molecule has 1 aliphatic carbocycles. The van der Waals surface area contributed by atoms with Crippen LogP contribution in [0.3, 0.4) is 0 Å². The van der Waals surface area contributed by atoms with Gasteiger partial charge in [0.25, 0.3) is 0 Å². The summed E-state index contributed by atoms with van der Waals surface area (Å²) in [7, 11) is 0. The third kappa shape index (κ3) is 1.51. The molecule has 15 heavy (non-hydrogen) atoms. The first kappa shape index (κ1) is 10.4. The Bertz CT molecular complexity index is 313. The highest BCUT2D eigenvalue weighted by molar-refractivity contribution is 5.78. The fourth-order valence-electron chi connectivity index (χ4n) is 2.74. The largest absolute Gasteiger partial charge is 0.481 e. The molecule has 0 amide bonds. The smallest absolute Gasteiger partial charge is 0.335 e. The lowest BCUT2D eigenvalue weighted by Crippen LogP contribution is -2.33. The molecule has 0 radical (unpaired) electrons. The highest BCUT2D eigenvalue weighted by Crippen LogP contribution is 2.51. The zero-order valence-electron chi connectivity index (χ0n) is 8.47. The number of aliphatic carboxylic acids is 2. The molecular weight excluding hydrogens is 200 g/mol. The van der Waals surface area contributed by atoms with Gasteiger partial charge in [0.05, 0.1) is 5.92 Å². The Morgan fingerprint density at radius 3 is 2.40 bits per heavy atom. The molecule has 1 heterocycles. The summed E-state index contributed by atoms with van der Waals surface area (Å²) >= 11 is 0. The number of carboxylic acids is 2. The molecule has 5 nitrogen and oxygen atoms in total. The van der Waals surface area contributed by atoms with Crippen LogP contribution in [-0.4, -0.2) is 33.9 Å². The van der Waals surface area contributed by atoms with Crippen molar-refractivity contribution in [3.63, 3.8) is 0 Å². The maximum atomic E-state index is 11.0. The average molecular weight is 214 g/mol. The Labute approximate surface area is 87.0 Å². The first-order valence-electron chi connectivity index (χ1n) is 5.10. The van der Waals surface area contributed by atoms with E-state index in [9.17, 15) is 9.59 Å². The van der Waals surface area contributed by atoms with Crippen molar-refractivity contribution >= 4 is 11.9 Å². The standard InChI is InChI=1S/C10H14O5/c1-10(7(15-10)9(13)14)6-4-2-3-5(6)8(11)12/h5-7H,2-4H2,1H3,(H,11,12)(H,13,14). The van der Waals surface area contributed by atoms with E-state index in [0.717, 1.165) is 12.8 Å². The van der Waals surface area contributed by atoms with Crippen molar-refractivity contribution in [2.45, 2.75) is 37.9 Å². The molecule has 0 aromatic rings. The Morgan fingerprint density at radius 1 is 1.27 bits per heavy atom. The molecule has 1 aliphatic heterocycles. The minimum absolute atomic E-state index is 0.156. The van der Waals surface area contributed by atoms with Crippen LogP contribution in [0.2, 0.25) is 0 Å². The summed E-state index contributed by atoms with van der Waals surface area (Å²) < 4.78 is 5.17. The lowest BCUT2D eigenvalue weighted by atomic mass is 9.82. The maximum absolute atomic E-state index is 11.0. The molecular formula is C10H14O5. The highest BCUT2D eigenvalue weighted by atomic mass is 16.6. The van der Waals surface area contributed by atoms with Crippen LogP contribution in [-0.2, 0) is 14.3 Å². The zero-order chi connectivity index (χ0) is 11.2. The maximum Gasteiger partial charge on any atom is 0.335 e. The second kappa shape index (κ2) is 3.20. The lowest BCUT2D eigenvalue weighted by molar-refractivity contribution is -0.144. The number of epoxide rings is 1. The molecule has 4 unspecified atom stereocenters. The van der Waals surface area contributed by atoms with Crippen LogP contribution in [0.4, 0.5) is 0 Å². The molecule has 2 aliphatic rings. The molecule has 5 heteroatoms. The van der Waals surface area contributed by atoms with Crippen molar-refractivity contribution in [2.75, 3.05) is 0 Å². The van der Waals surface area contributed by atoms with Gasteiger partial charge >= 0.3 is 11.9 Å². The highest BCUT2D eigenvalue weighted by Gasteiger charge is 2.64. The van der Waals surface area contributed by atoms with Gasteiger partial charge in [-0.05, 0) is 19.8 Å². The van der Waals surface area contributed by atoms with Crippen LogP contribution < -0.4 is 0 Å². The molecule has 0 bridgehead atoms. The first-order valence-corrected chi connectivity index (χ1v) is 5.10. The van der Waals surface area contributed by atoms with Crippen LogP contribution in [0.1, 0.15) is 26.2 Å². The first-order chi connectivity index (χ1) is 6.97. The van der Waals surface area contributed by atoms with Crippen LogP contribution in [0.5, 0.6) is 0 Å². The molecule has 0 spiro atoms. The van der Waals surface area contributed by atoms with E-state index >= 15 is 0 Å². The van der Waals surface area contributed by atoms with Crippen LogP contribution in [0, 0.1) is 11.8 Å². The predicted octanol–water partition coefficient (Wildman–Crippen LogP) is 0.729. The van der Waals surface area contributed by atoms with Gasteiger partial charge in [-0.25, -0.2) is 4.79 Å². The van der Waals surface area contributed by atoms with Crippen LogP contribution in [0.25, 0.3) is 0 Å². The monoisotopic (exact) mass is 214 g/mol. The Kier molecular flexibility index (Phi) is 2.22. The lowest BCUT2D eigenvalue weighted by Gasteiger charge is -2.19. The summed E-state index contributed by atoms with van der Waals surface area (Å²) in [5, 5.41) is 17.8. The molecule has 1 saturated carbocycles. The van der Waals surface area contributed by atoms with Crippen LogP contribution >= 0.6 is 0 Å². The SMILES string of the molecule is CC1(C2CCCC2C(=O)O)OC1C(=O)O. The van der Waals surface area contributed by atoms with Crippen molar-refractivity contribution in [1.29, 1.82) is 0 Å². The third-order valence-corrected chi connectivity index (χ3v) is 3.63. The number of carbonyl (C=O) groups is 2. The van der Waals surface area contributed by atoms with Gasteiger partial charge in [0.15, 0.2) is 6.10 Å². The van der Waals surface area contributed by atoms with Gasteiger partial charge < -0.3 is 14.9 Å². The number of rotatable bonds is 3. The number of carboxylic acid groups (broad SMARTS) is 2. The minimum Gasteiger partial charge on any atom is -0.481 e. The summed E-state index contributed by atoms with van der Waals surface area (Å²) in [6.07, 6.45) is 1.40. The summed E-state index contributed by atoms with van der Waals surface area (Å²) in [6, 6.07) is 0. The summed E-state index contributed by atoms with van der Waals surface area (Å²) in [5.41, 5.74) is -0.759. The van der Waals surface area contributed by atoms with E-state index in [1.165, 1.54) is 0 Å². The van der Waals surface area contributed by atoms with Gasteiger partial charge in [-0.2, -0.15) is 0 Å². The Balaban J connectivity index is 2.11. The van der Waals surface area contributed by atoms with Crippen molar-refractivity contribution in [1.82, 2.24) is 0 Å². The fraction of sp³-hybridized carbons (Fsp3) is 0.800. The summed E-state index contributed by atoms with van der Waals surface area (Å²) in [6.45, 7) is 1.71. The normalized spacial score (nSPS) is 43.9. The second-order valence-corrected chi connectivity index (χ2v) is 4.50. The Hall–Kier alpha value is -1.10. The second-order valence-electron chi connectivity index (χ2n) is 4.50. The molecule has 0 aromatic carbocycles. The van der Waals surface area contributed by atoms with E-state index in [-0.39, 0.29) is 5.92 Å². The fourth-order valence-corrected chi connectivity index (χ4v) is 2.74. The van der Waals surface area contributed by atoms with E-state index < -0.39 is 29.6 Å². The Morgan fingerprint density at radius 2 is 1.93 bits per heavy atom. The zero-order valence-corrected chi connectivity index (χ0v) is 8.47. The van der Waals surface area contributed by atoms with Gasteiger partial charge in [0, 0.05) is 5.92 Å². The van der Waals surface area contributed by atoms with E-state index in [0.29, 0.717) is 6.42 Å². The van der Waals surface area contributed by atoms with Gasteiger partial charge in [0.1, 0.15) is 5.60 Å². The number of hydrogen-bond acceptors (Lipinski definition) is 3. The quantitative estimate of drug-likeness (QED) is 0.676. The van der Waals surface area contributed by atoms with E-state index in [2.05, 4.69) is 0 Å². The van der Waals surface area contributed by atoms with Gasteiger partial charge in [-0.1, -0.05) is 6.42 Å². The van der Waals surface area contributed by atoms with Crippen molar-refractivity contribution in [3.05, 3.63) is 0 Å². The van der Waals surface area contributed by atoms with Gasteiger partial charge in [0.2, 0.25) is 0 Å². The minimum atomic E-state index is -0.992. The van der Waals surface area contributed by atoms with Crippen LogP contribution in [0.15, 0.2) is 0 Å². The molecule has 84 valence electrons. The molecule has 2 rings (SSSR count). The third-order valence-electron chi connectivity index (χ3n) is 3.63. The summed E-state index contributed by atoms with van der Waals surface area (Å²) in [4.78, 5) is 21.7. The summed E-state index contributed by atoms with van der Waals surface area (Å²) in [5.74, 6) is -2.43. The molecule has 2 N–H and O–H groups in total. The molecule has 2 fully saturated rings. The van der Waals surface area contributed by atoms with Crippen molar-refractivity contribution in [3.8, 4) is 0 Å². The average Bonchev–Trinajstić information content (AvgIpc) is 2.65. The van der Waals surface area contributed by atoms with E-state index in [1.54, 1.807) is 6.92 Å². The molecule has 1 saturated heterocycles. The molecule has 4 atom stereocenters. The number of hydrogen-bond donors (Lipinski definition) is 2. The number of ether oxygens (including phenoxy) is 1. The van der Waals surface area contributed by atoms with Crippen molar-refractivity contribution in [2.24, 2.45) is 11.8 Å². The van der Waals surface area contributed by atoms with E-state index in [1.807, 2.05) is 0 Å². The van der Waals surface area contributed by atoms with E-state index in [4.69, 9.17) is 14.9 Å². The van der Waals surface area contributed by atoms with Gasteiger partial charge in [-0.15, -0.1) is 0 Å². The topological polar surface area (TPSA) is 87.1 Å². The molecule has 0 aromatic heterocycles. The van der Waals surface area contributed by atoms with Crippen molar-refractivity contribution < 1.29 is 24.5 Å².